The molecule has 0 spiro atoms. The Morgan fingerprint density at radius 1 is 1.36 bits per heavy atom. The summed E-state index contributed by atoms with van der Waals surface area (Å²) < 4.78 is 1.64. The summed E-state index contributed by atoms with van der Waals surface area (Å²) in [5, 5.41) is 14.3. The molecule has 0 aliphatic carbocycles. The van der Waals surface area contributed by atoms with Crippen LogP contribution in [0.2, 0.25) is 5.02 Å². The standard InChI is InChI=1S/C18H20ClN3O3/c1-11-6-7-21(16(8-11)18(24)25)17(23)15-10-20-22(12(15)2)14-5-3-4-13(19)9-14/h3-5,9-11,16H,6-8H2,1-2H3,(H,24,25). The van der Waals surface area contributed by atoms with Crippen molar-refractivity contribution in [2.75, 3.05) is 6.54 Å². The van der Waals surface area contributed by atoms with Gasteiger partial charge in [0.2, 0.25) is 0 Å². The molecule has 2 unspecified atom stereocenters. The predicted molar refractivity (Wildman–Crippen MR) is 94.2 cm³/mol. The molecular weight excluding hydrogens is 342 g/mol. The number of nitrogens with zero attached hydrogens (tertiary/aromatic N) is 3. The number of carboxylic acid groups (broad SMARTS) is 1. The molecule has 0 bridgehead atoms. The van der Waals surface area contributed by atoms with E-state index in [1.165, 1.54) is 11.1 Å². The van der Waals surface area contributed by atoms with Gasteiger partial charge in [-0.15, -0.1) is 0 Å². The van der Waals surface area contributed by atoms with E-state index in [9.17, 15) is 14.7 Å². The van der Waals surface area contributed by atoms with Crippen LogP contribution in [0.25, 0.3) is 5.69 Å². The van der Waals surface area contributed by atoms with E-state index >= 15 is 0 Å². The van der Waals surface area contributed by atoms with E-state index < -0.39 is 12.0 Å². The van der Waals surface area contributed by atoms with Crippen molar-refractivity contribution in [3.8, 4) is 5.69 Å². The lowest BCUT2D eigenvalue weighted by Crippen LogP contribution is -2.49. The van der Waals surface area contributed by atoms with Gasteiger partial charge in [0.15, 0.2) is 0 Å². The number of likely N-dealkylation sites (tertiary alicyclic amines) is 1. The van der Waals surface area contributed by atoms with Crippen LogP contribution in [0.5, 0.6) is 0 Å². The number of halogens is 1. The number of benzene rings is 1. The molecule has 25 heavy (non-hydrogen) atoms. The minimum Gasteiger partial charge on any atom is -0.480 e. The van der Waals surface area contributed by atoms with Crippen LogP contribution in [0.15, 0.2) is 30.5 Å². The molecule has 1 aliphatic rings. The molecule has 0 radical (unpaired) electrons. The third-order valence-electron chi connectivity index (χ3n) is 4.70. The minimum atomic E-state index is -0.959. The normalized spacial score (nSPS) is 20.5. The van der Waals surface area contributed by atoms with Gasteiger partial charge < -0.3 is 10.0 Å². The second-order valence-corrected chi connectivity index (χ2v) is 6.95. The molecular formula is C18H20ClN3O3. The molecule has 3 rings (SSSR count). The highest BCUT2D eigenvalue weighted by Crippen LogP contribution is 2.26. The number of amides is 1. The quantitative estimate of drug-likeness (QED) is 0.911. The van der Waals surface area contributed by atoms with Crippen LogP contribution >= 0.6 is 11.6 Å². The van der Waals surface area contributed by atoms with Crippen LogP contribution in [0.4, 0.5) is 0 Å². The highest BCUT2D eigenvalue weighted by molar-refractivity contribution is 6.30. The lowest BCUT2D eigenvalue weighted by atomic mass is 9.92. The summed E-state index contributed by atoms with van der Waals surface area (Å²) in [4.78, 5) is 26.0. The summed E-state index contributed by atoms with van der Waals surface area (Å²) >= 11 is 6.02. The van der Waals surface area contributed by atoms with Gasteiger partial charge in [0.1, 0.15) is 6.04 Å². The maximum atomic E-state index is 12.9. The Kier molecular flexibility index (Phi) is 4.81. The van der Waals surface area contributed by atoms with E-state index in [1.807, 2.05) is 19.1 Å². The smallest absolute Gasteiger partial charge is 0.326 e. The van der Waals surface area contributed by atoms with Crippen molar-refractivity contribution in [2.45, 2.75) is 32.7 Å². The molecule has 1 N–H and O–H groups in total. The number of aromatic nitrogens is 2. The molecule has 7 heteroatoms. The lowest BCUT2D eigenvalue weighted by molar-refractivity contribution is -0.144. The zero-order valence-corrected chi connectivity index (χ0v) is 14.9. The number of carbonyl (C=O) groups is 2. The Morgan fingerprint density at radius 3 is 2.80 bits per heavy atom. The SMILES string of the molecule is Cc1c(C(=O)N2CCC(C)CC2C(=O)O)cnn1-c1cccc(Cl)c1. The first-order valence-electron chi connectivity index (χ1n) is 8.23. The van der Waals surface area contributed by atoms with Crippen LogP contribution in [0.3, 0.4) is 0 Å². The van der Waals surface area contributed by atoms with Crippen molar-refractivity contribution in [3.05, 3.63) is 46.7 Å². The van der Waals surface area contributed by atoms with Gasteiger partial charge in [-0.3, -0.25) is 4.79 Å². The summed E-state index contributed by atoms with van der Waals surface area (Å²) in [7, 11) is 0. The fourth-order valence-electron chi connectivity index (χ4n) is 3.26. The monoisotopic (exact) mass is 361 g/mol. The third-order valence-corrected chi connectivity index (χ3v) is 4.94. The Bertz CT molecular complexity index is 818. The Labute approximate surface area is 151 Å². The number of carbonyl (C=O) groups excluding carboxylic acids is 1. The van der Waals surface area contributed by atoms with Gasteiger partial charge in [-0.25, -0.2) is 9.48 Å². The molecule has 2 atom stereocenters. The van der Waals surface area contributed by atoms with Gasteiger partial charge in [-0.1, -0.05) is 24.6 Å². The number of carboxylic acids is 1. The molecule has 6 nitrogen and oxygen atoms in total. The summed E-state index contributed by atoms with van der Waals surface area (Å²) in [6.45, 7) is 4.25. The first-order valence-corrected chi connectivity index (χ1v) is 8.60. The predicted octanol–water partition coefficient (Wildman–Crippen LogP) is 3.16. The highest BCUT2D eigenvalue weighted by atomic mass is 35.5. The Hall–Kier alpha value is -2.34. The van der Waals surface area contributed by atoms with Gasteiger partial charge in [0, 0.05) is 11.6 Å². The van der Waals surface area contributed by atoms with E-state index in [2.05, 4.69) is 5.10 Å². The molecule has 1 aliphatic heterocycles. The maximum absolute atomic E-state index is 12.9. The maximum Gasteiger partial charge on any atom is 0.326 e. The van der Waals surface area contributed by atoms with Gasteiger partial charge in [0.25, 0.3) is 5.91 Å². The van der Waals surface area contributed by atoms with Crippen molar-refractivity contribution in [1.29, 1.82) is 0 Å². The van der Waals surface area contributed by atoms with Crippen LogP contribution in [0, 0.1) is 12.8 Å². The zero-order valence-electron chi connectivity index (χ0n) is 14.1. The Morgan fingerprint density at radius 2 is 2.12 bits per heavy atom. The average Bonchev–Trinajstić information content (AvgIpc) is 2.95. The fourth-order valence-corrected chi connectivity index (χ4v) is 3.45. The van der Waals surface area contributed by atoms with E-state index in [1.54, 1.807) is 23.7 Å². The number of rotatable bonds is 3. The van der Waals surface area contributed by atoms with Crippen molar-refractivity contribution in [2.24, 2.45) is 5.92 Å². The fraction of sp³-hybridized carbons (Fsp3) is 0.389. The lowest BCUT2D eigenvalue weighted by Gasteiger charge is -2.35. The van der Waals surface area contributed by atoms with Crippen LogP contribution in [0.1, 0.15) is 35.8 Å². The highest BCUT2D eigenvalue weighted by Gasteiger charge is 2.36. The third kappa shape index (κ3) is 3.39. The molecule has 2 heterocycles. The molecule has 1 amide bonds. The van der Waals surface area contributed by atoms with E-state index in [-0.39, 0.29) is 5.91 Å². The van der Waals surface area contributed by atoms with Crippen molar-refractivity contribution >= 4 is 23.5 Å². The van der Waals surface area contributed by atoms with E-state index in [0.29, 0.717) is 35.2 Å². The summed E-state index contributed by atoms with van der Waals surface area (Å²) in [6.07, 6.45) is 2.77. The second kappa shape index (κ2) is 6.88. The summed E-state index contributed by atoms with van der Waals surface area (Å²) in [6, 6.07) is 6.40. The molecule has 2 aromatic rings. The van der Waals surface area contributed by atoms with Gasteiger partial charge in [-0.05, 0) is 43.9 Å². The van der Waals surface area contributed by atoms with Gasteiger partial charge in [0.05, 0.1) is 23.1 Å². The number of piperidine rings is 1. The molecule has 0 saturated carbocycles. The van der Waals surface area contributed by atoms with Crippen molar-refractivity contribution < 1.29 is 14.7 Å². The first-order chi connectivity index (χ1) is 11.9. The number of hydrogen-bond acceptors (Lipinski definition) is 3. The molecule has 1 aromatic heterocycles. The zero-order chi connectivity index (χ0) is 18.1. The van der Waals surface area contributed by atoms with Gasteiger partial charge in [-0.2, -0.15) is 5.10 Å². The molecule has 1 fully saturated rings. The van der Waals surface area contributed by atoms with E-state index in [0.717, 1.165) is 12.1 Å². The topological polar surface area (TPSA) is 75.4 Å². The largest absolute Gasteiger partial charge is 0.480 e. The van der Waals surface area contributed by atoms with Crippen LogP contribution in [-0.2, 0) is 4.79 Å². The number of aliphatic carboxylic acids is 1. The van der Waals surface area contributed by atoms with Gasteiger partial charge >= 0.3 is 5.97 Å². The molecule has 132 valence electrons. The second-order valence-electron chi connectivity index (χ2n) is 6.52. The Balaban J connectivity index is 1.92. The first kappa shape index (κ1) is 17.5. The average molecular weight is 362 g/mol. The molecule has 1 aromatic carbocycles. The minimum absolute atomic E-state index is 0.287. The summed E-state index contributed by atoms with van der Waals surface area (Å²) in [5.74, 6) is -0.953. The number of hydrogen-bond donors (Lipinski definition) is 1. The molecule has 1 saturated heterocycles. The van der Waals surface area contributed by atoms with Crippen molar-refractivity contribution in [1.82, 2.24) is 14.7 Å². The van der Waals surface area contributed by atoms with Crippen molar-refractivity contribution in [3.63, 3.8) is 0 Å². The van der Waals surface area contributed by atoms with Crippen LogP contribution in [-0.4, -0.2) is 44.3 Å². The summed E-state index contributed by atoms with van der Waals surface area (Å²) in [5.41, 5.74) is 1.84. The van der Waals surface area contributed by atoms with E-state index in [4.69, 9.17) is 11.6 Å². The van der Waals surface area contributed by atoms with Crippen LogP contribution < -0.4 is 0 Å².